The third-order valence-electron chi connectivity index (χ3n) is 6.20. The lowest BCUT2D eigenvalue weighted by Gasteiger charge is -2.41. The number of nitrogens with one attached hydrogen (secondary N) is 2. The van der Waals surface area contributed by atoms with Crippen LogP contribution in [-0.4, -0.2) is 49.7 Å². The van der Waals surface area contributed by atoms with Gasteiger partial charge in [0.05, 0.1) is 0 Å². The Labute approximate surface area is 119 Å². The van der Waals surface area contributed by atoms with Crippen molar-refractivity contribution in [2.45, 2.75) is 47.1 Å². The van der Waals surface area contributed by atoms with Crippen LogP contribution in [0.2, 0.25) is 0 Å². The molecule has 2 N–H and O–H groups in total. The molecular weight excluding hydrogens is 234 g/mol. The van der Waals surface area contributed by atoms with Crippen LogP contribution >= 0.6 is 0 Å². The number of hydrogen-bond donors (Lipinski definition) is 2. The molecule has 0 aromatic rings. The van der Waals surface area contributed by atoms with Crippen LogP contribution in [0.25, 0.3) is 0 Å². The van der Waals surface area contributed by atoms with Crippen LogP contribution in [0.4, 0.5) is 0 Å². The molecule has 3 heteroatoms. The normalized spacial score (nSPS) is 27.5. The van der Waals surface area contributed by atoms with E-state index in [4.69, 9.17) is 0 Å². The van der Waals surface area contributed by atoms with E-state index in [1.807, 2.05) is 0 Å². The van der Waals surface area contributed by atoms with E-state index in [1.165, 1.54) is 13.1 Å². The first kappa shape index (κ1) is 15.3. The van der Waals surface area contributed by atoms with Crippen LogP contribution in [0.5, 0.6) is 0 Å². The average Bonchev–Trinajstić information content (AvgIpc) is 2.72. The van der Waals surface area contributed by atoms with Gasteiger partial charge in [0.1, 0.15) is 0 Å². The molecule has 0 radical (unpaired) electrons. The fraction of sp³-hybridized carbons (Fsp3) is 1.00. The van der Waals surface area contributed by atoms with Gasteiger partial charge in [0.15, 0.2) is 0 Å². The predicted octanol–water partition coefficient (Wildman–Crippen LogP) is 1.94. The molecule has 112 valence electrons. The Hall–Kier alpha value is -0.120. The summed E-state index contributed by atoms with van der Waals surface area (Å²) in [4.78, 5) is 2.61. The van der Waals surface area contributed by atoms with E-state index < -0.39 is 0 Å². The maximum Gasteiger partial charge on any atom is 0.0278 e. The third kappa shape index (κ3) is 2.84. The van der Waals surface area contributed by atoms with Crippen molar-refractivity contribution < 1.29 is 0 Å². The maximum absolute atomic E-state index is 3.73. The fourth-order valence-corrected chi connectivity index (χ4v) is 3.75. The molecule has 1 saturated heterocycles. The fourth-order valence-electron chi connectivity index (χ4n) is 3.75. The summed E-state index contributed by atoms with van der Waals surface area (Å²) in [5, 5.41) is 7.16. The van der Waals surface area contributed by atoms with Crippen LogP contribution in [0.1, 0.15) is 41.5 Å². The van der Waals surface area contributed by atoms with Crippen molar-refractivity contribution in [2.24, 2.45) is 16.7 Å². The van der Waals surface area contributed by atoms with Crippen molar-refractivity contribution in [3.63, 3.8) is 0 Å². The van der Waals surface area contributed by atoms with Crippen LogP contribution in [0, 0.1) is 16.7 Å². The molecular formula is C16H33N3. The SMILES string of the molecule is CC(C)(CNCC1C(C)(C)C1(C)C)N1CCNCC1. The molecule has 1 saturated carbocycles. The third-order valence-corrected chi connectivity index (χ3v) is 6.20. The van der Waals surface area contributed by atoms with E-state index in [0.717, 1.165) is 32.1 Å². The van der Waals surface area contributed by atoms with Gasteiger partial charge in [-0.15, -0.1) is 0 Å². The van der Waals surface area contributed by atoms with Crippen molar-refractivity contribution in [3.05, 3.63) is 0 Å². The van der Waals surface area contributed by atoms with Crippen molar-refractivity contribution in [3.8, 4) is 0 Å². The van der Waals surface area contributed by atoms with E-state index >= 15 is 0 Å². The van der Waals surface area contributed by atoms with E-state index in [2.05, 4.69) is 57.1 Å². The van der Waals surface area contributed by atoms with E-state index in [9.17, 15) is 0 Å². The molecule has 1 aliphatic carbocycles. The maximum atomic E-state index is 3.73. The Balaban J connectivity index is 1.76. The number of piperazine rings is 1. The van der Waals surface area contributed by atoms with Gasteiger partial charge in [-0.2, -0.15) is 0 Å². The molecule has 0 atom stereocenters. The largest absolute Gasteiger partial charge is 0.315 e. The highest BCUT2D eigenvalue weighted by atomic mass is 15.2. The van der Waals surface area contributed by atoms with Crippen molar-refractivity contribution in [1.29, 1.82) is 0 Å². The summed E-state index contributed by atoms with van der Waals surface area (Å²) in [6, 6.07) is 0. The molecule has 2 fully saturated rings. The first-order valence-electron chi connectivity index (χ1n) is 7.86. The first-order chi connectivity index (χ1) is 8.69. The van der Waals surface area contributed by atoms with Crippen LogP contribution in [0.15, 0.2) is 0 Å². The molecule has 0 aromatic carbocycles. The molecule has 2 aliphatic rings. The lowest BCUT2D eigenvalue weighted by Crippen LogP contribution is -2.57. The van der Waals surface area contributed by atoms with Gasteiger partial charge < -0.3 is 10.6 Å². The van der Waals surface area contributed by atoms with Gasteiger partial charge >= 0.3 is 0 Å². The second kappa shape index (κ2) is 5.01. The quantitative estimate of drug-likeness (QED) is 0.797. The second-order valence-corrected chi connectivity index (χ2v) is 8.18. The van der Waals surface area contributed by atoms with Gasteiger partial charge in [-0.25, -0.2) is 0 Å². The molecule has 19 heavy (non-hydrogen) atoms. The number of nitrogens with zero attached hydrogens (tertiary/aromatic N) is 1. The standard InChI is InChI=1S/C16H33N3/c1-14(2,19-9-7-17-8-10-19)12-18-11-13-15(3,4)16(13,5)6/h13,17-18H,7-12H2,1-6H3. The van der Waals surface area contributed by atoms with Gasteiger partial charge in [-0.3, -0.25) is 4.90 Å². The molecule has 0 spiro atoms. The van der Waals surface area contributed by atoms with E-state index in [-0.39, 0.29) is 5.54 Å². The summed E-state index contributed by atoms with van der Waals surface area (Å²) in [5.41, 5.74) is 1.27. The van der Waals surface area contributed by atoms with Gasteiger partial charge in [-0.05, 0) is 37.1 Å². The molecule has 2 rings (SSSR count). The summed E-state index contributed by atoms with van der Waals surface area (Å²) in [6.45, 7) is 21.2. The zero-order valence-corrected chi connectivity index (χ0v) is 13.8. The van der Waals surface area contributed by atoms with Gasteiger partial charge in [0.25, 0.3) is 0 Å². The predicted molar refractivity (Wildman–Crippen MR) is 82.4 cm³/mol. The smallest absolute Gasteiger partial charge is 0.0278 e. The molecule has 0 aromatic heterocycles. The Morgan fingerprint density at radius 1 is 1.11 bits per heavy atom. The monoisotopic (exact) mass is 267 g/mol. The summed E-state index contributed by atoms with van der Waals surface area (Å²) < 4.78 is 0. The Kier molecular flexibility index (Phi) is 4.03. The minimum atomic E-state index is 0.269. The molecule has 1 heterocycles. The van der Waals surface area contributed by atoms with Crippen molar-refractivity contribution >= 4 is 0 Å². The van der Waals surface area contributed by atoms with Crippen molar-refractivity contribution in [2.75, 3.05) is 39.3 Å². The van der Waals surface area contributed by atoms with Crippen molar-refractivity contribution in [1.82, 2.24) is 15.5 Å². The zero-order valence-electron chi connectivity index (χ0n) is 13.8. The Bertz CT molecular complexity index is 300. The summed E-state index contributed by atoms with van der Waals surface area (Å²) in [5.74, 6) is 0.818. The molecule has 0 bridgehead atoms. The van der Waals surface area contributed by atoms with E-state index in [1.54, 1.807) is 0 Å². The topological polar surface area (TPSA) is 27.3 Å². The number of hydrogen-bond acceptors (Lipinski definition) is 3. The van der Waals surface area contributed by atoms with Crippen LogP contribution in [0.3, 0.4) is 0 Å². The van der Waals surface area contributed by atoms with Gasteiger partial charge in [-0.1, -0.05) is 27.7 Å². The number of rotatable bonds is 5. The second-order valence-electron chi connectivity index (χ2n) is 8.18. The molecule has 3 nitrogen and oxygen atoms in total. The zero-order chi connectivity index (χ0) is 14.3. The van der Waals surface area contributed by atoms with Crippen LogP contribution in [-0.2, 0) is 0 Å². The van der Waals surface area contributed by atoms with Gasteiger partial charge in [0.2, 0.25) is 0 Å². The molecule has 0 unspecified atom stereocenters. The lowest BCUT2D eigenvalue weighted by atomic mass is 10.0. The summed E-state index contributed by atoms with van der Waals surface area (Å²) in [7, 11) is 0. The Morgan fingerprint density at radius 3 is 2.11 bits per heavy atom. The highest BCUT2D eigenvalue weighted by Gasteiger charge is 2.63. The minimum absolute atomic E-state index is 0.269. The lowest BCUT2D eigenvalue weighted by molar-refractivity contribution is 0.102. The minimum Gasteiger partial charge on any atom is -0.315 e. The highest BCUT2D eigenvalue weighted by Crippen LogP contribution is 2.67. The van der Waals surface area contributed by atoms with E-state index in [0.29, 0.717) is 10.8 Å². The highest BCUT2D eigenvalue weighted by molar-refractivity contribution is 5.12. The molecule has 0 amide bonds. The summed E-state index contributed by atoms with van der Waals surface area (Å²) >= 11 is 0. The average molecular weight is 267 g/mol. The molecule has 1 aliphatic heterocycles. The van der Waals surface area contributed by atoms with Gasteiger partial charge in [0, 0.05) is 38.3 Å². The summed E-state index contributed by atoms with van der Waals surface area (Å²) in [6.07, 6.45) is 0. The first-order valence-corrected chi connectivity index (χ1v) is 7.86. The Morgan fingerprint density at radius 2 is 1.63 bits per heavy atom. The van der Waals surface area contributed by atoms with Crippen LogP contribution < -0.4 is 10.6 Å².